The molecular formula is C22H11ClF5IN2O2. The highest BCUT2D eigenvalue weighted by Gasteiger charge is 2.35. The molecule has 1 atom stereocenters. The summed E-state index contributed by atoms with van der Waals surface area (Å²) < 4.78 is 67.3. The Bertz CT molecular complexity index is 1310. The molecule has 0 saturated carbocycles. The van der Waals surface area contributed by atoms with Gasteiger partial charge in [-0.05, 0) is 71.1 Å². The van der Waals surface area contributed by atoms with Gasteiger partial charge in [0, 0.05) is 36.5 Å². The van der Waals surface area contributed by atoms with E-state index in [-0.39, 0.29) is 33.5 Å². The number of alkyl halides is 3. The second-order valence-corrected chi connectivity index (χ2v) is 8.82. The standard InChI is InChI=1S/C22H11ClF5IN2O2/c23-16-2-1-11(24)6-14(16)19-18-15(21(33)31-19)7-13(29)8-17(18)30-20(32)9-3-10(22(26,27)28)5-12(25)4-9/h1-8,19H,(H,30,32)(H,31,33). The van der Waals surface area contributed by atoms with Crippen molar-refractivity contribution >= 4 is 51.7 Å². The van der Waals surface area contributed by atoms with Gasteiger partial charge in [0.25, 0.3) is 11.8 Å². The molecule has 2 amide bonds. The maximum Gasteiger partial charge on any atom is 0.416 e. The van der Waals surface area contributed by atoms with Crippen LogP contribution in [0.1, 0.15) is 43.4 Å². The van der Waals surface area contributed by atoms with Crippen LogP contribution in [0.15, 0.2) is 48.5 Å². The minimum absolute atomic E-state index is 0.0865. The Balaban J connectivity index is 1.79. The van der Waals surface area contributed by atoms with E-state index in [4.69, 9.17) is 11.6 Å². The van der Waals surface area contributed by atoms with Gasteiger partial charge in [-0.3, -0.25) is 9.59 Å². The number of carbonyl (C=O) groups is 2. The molecule has 4 nitrogen and oxygen atoms in total. The van der Waals surface area contributed by atoms with E-state index in [2.05, 4.69) is 10.6 Å². The van der Waals surface area contributed by atoms with Gasteiger partial charge in [0.1, 0.15) is 11.6 Å². The molecule has 33 heavy (non-hydrogen) atoms. The first-order valence-electron chi connectivity index (χ1n) is 9.22. The summed E-state index contributed by atoms with van der Waals surface area (Å²) in [6, 6.07) is 7.16. The van der Waals surface area contributed by atoms with E-state index in [9.17, 15) is 31.5 Å². The summed E-state index contributed by atoms with van der Waals surface area (Å²) in [6.45, 7) is 0. The van der Waals surface area contributed by atoms with Crippen LogP contribution >= 0.6 is 34.2 Å². The lowest BCUT2D eigenvalue weighted by Crippen LogP contribution is -2.21. The van der Waals surface area contributed by atoms with E-state index in [0.717, 1.165) is 12.1 Å². The summed E-state index contributed by atoms with van der Waals surface area (Å²) in [5.74, 6) is -3.36. The average Bonchev–Trinajstić information content (AvgIpc) is 3.05. The van der Waals surface area contributed by atoms with Crippen LogP contribution in [0, 0.1) is 15.2 Å². The number of nitrogens with one attached hydrogen (secondary N) is 2. The molecule has 4 rings (SSSR count). The van der Waals surface area contributed by atoms with Crippen molar-refractivity contribution in [2.24, 2.45) is 0 Å². The highest BCUT2D eigenvalue weighted by molar-refractivity contribution is 14.1. The van der Waals surface area contributed by atoms with Crippen LogP contribution in [0.4, 0.5) is 27.6 Å². The van der Waals surface area contributed by atoms with Crippen molar-refractivity contribution in [2.45, 2.75) is 12.2 Å². The molecule has 1 heterocycles. The Kier molecular flexibility index (Phi) is 6.08. The Morgan fingerprint density at radius 2 is 1.76 bits per heavy atom. The van der Waals surface area contributed by atoms with Crippen molar-refractivity contribution < 1.29 is 31.5 Å². The van der Waals surface area contributed by atoms with Gasteiger partial charge in [0.05, 0.1) is 11.6 Å². The Hall–Kier alpha value is -2.73. The molecule has 3 aromatic carbocycles. The zero-order chi connectivity index (χ0) is 24.1. The first-order chi connectivity index (χ1) is 15.4. The SMILES string of the molecule is O=C(Nc1cc(I)cc2c1C(c1cc(F)ccc1Cl)NC2=O)c1cc(F)cc(C(F)(F)F)c1. The van der Waals surface area contributed by atoms with Crippen LogP contribution in [-0.2, 0) is 6.18 Å². The van der Waals surface area contributed by atoms with E-state index < -0.39 is 46.8 Å². The van der Waals surface area contributed by atoms with Gasteiger partial charge in [-0.1, -0.05) is 11.6 Å². The van der Waals surface area contributed by atoms with Gasteiger partial charge in [-0.2, -0.15) is 13.2 Å². The smallest absolute Gasteiger partial charge is 0.341 e. The fourth-order valence-electron chi connectivity index (χ4n) is 3.55. The van der Waals surface area contributed by atoms with Crippen LogP contribution in [0.25, 0.3) is 0 Å². The molecule has 0 saturated heterocycles. The lowest BCUT2D eigenvalue weighted by Gasteiger charge is -2.18. The quantitative estimate of drug-likeness (QED) is 0.276. The highest BCUT2D eigenvalue weighted by Crippen LogP contribution is 2.40. The Labute approximate surface area is 202 Å². The maximum absolute atomic E-state index is 13.9. The summed E-state index contributed by atoms with van der Waals surface area (Å²) in [6.07, 6.45) is -4.85. The summed E-state index contributed by atoms with van der Waals surface area (Å²) in [7, 11) is 0. The predicted octanol–water partition coefficient (Wildman–Crippen LogP) is 6.33. The summed E-state index contributed by atoms with van der Waals surface area (Å²) in [5, 5.41) is 5.28. The minimum atomic E-state index is -4.85. The van der Waals surface area contributed by atoms with Crippen LogP contribution < -0.4 is 10.6 Å². The van der Waals surface area contributed by atoms with E-state index in [0.29, 0.717) is 15.7 Å². The van der Waals surface area contributed by atoms with E-state index in [1.165, 1.54) is 18.2 Å². The van der Waals surface area contributed by atoms with Gasteiger partial charge in [-0.25, -0.2) is 8.78 Å². The minimum Gasteiger partial charge on any atom is -0.341 e. The molecule has 0 radical (unpaired) electrons. The molecule has 170 valence electrons. The molecule has 1 unspecified atom stereocenters. The number of carbonyl (C=O) groups excluding carboxylic acids is 2. The first kappa shape index (κ1) is 23.4. The number of amides is 2. The predicted molar refractivity (Wildman–Crippen MR) is 119 cm³/mol. The van der Waals surface area contributed by atoms with E-state index in [1.807, 2.05) is 22.6 Å². The second-order valence-electron chi connectivity index (χ2n) is 7.17. The molecule has 0 aliphatic carbocycles. The van der Waals surface area contributed by atoms with Crippen molar-refractivity contribution in [1.29, 1.82) is 0 Å². The van der Waals surface area contributed by atoms with E-state index >= 15 is 0 Å². The maximum atomic E-state index is 13.9. The third-order valence-corrected chi connectivity index (χ3v) is 5.93. The zero-order valence-electron chi connectivity index (χ0n) is 16.2. The molecule has 0 fully saturated rings. The first-order valence-corrected chi connectivity index (χ1v) is 10.7. The van der Waals surface area contributed by atoms with Crippen LogP contribution in [0.3, 0.4) is 0 Å². The fraction of sp³-hybridized carbons (Fsp3) is 0.0909. The van der Waals surface area contributed by atoms with Gasteiger partial charge in [-0.15, -0.1) is 0 Å². The van der Waals surface area contributed by atoms with Gasteiger partial charge in [0.2, 0.25) is 0 Å². The van der Waals surface area contributed by atoms with Crippen LogP contribution in [0.5, 0.6) is 0 Å². The molecule has 11 heteroatoms. The number of fused-ring (bicyclic) bond motifs is 1. The van der Waals surface area contributed by atoms with Gasteiger partial charge >= 0.3 is 6.18 Å². The molecule has 0 spiro atoms. The molecule has 2 N–H and O–H groups in total. The lowest BCUT2D eigenvalue weighted by atomic mass is 9.96. The lowest BCUT2D eigenvalue weighted by molar-refractivity contribution is -0.137. The molecule has 3 aromatic rings. The molecular weight excluding hydrogens is 582 g/mol. The van der Waals surface area contributed by atoms with Crippen molar-refractivity contribution in [2.75, 3.05) is 5.32 Å². The number of hydrogen-bond donors (Lipinski definition) is 2. The summed E-state index contributed by atoms with van der Waals surface area (Å²) >= 11 is 8.10. The normalized spacial score (nSPS) is 15.2. The third kappa shape index (κ3) is 4.67. The number of rotatable bonds is 3. The van der Waals surface area contributed by atoms with Crippen LogP contribution in [0.2, 0.25) is 5.02 Å². The Morgan fingerprint density at radius 3 is 2.45 bits per heavy atom. The van der Waals surface area contributed by atoms with Gasteiger partial charge in [0.15, 0.2) is 0 Å². The largest absolute Gasteiger partial charge is 0.416 e. The average molecular weight is 593 g/mol. The monoisotopic (exact) mass is 592 g/mol. The number of hydrogen-bond acceptors (Lipinski definition) is 2. The summed E-state index contributed by atoms with van der Waals surface area (Å²) in [5.41, 5.74) is -1.13. The molecule has 0 aromatic heterocycles. The van der Waals surface area contributed by atoms with Crippen molar-refractivity contribution in [1.82, 2.24) is 5.32 Å². The second kappa shape index (κ2) is 8.56. The van der Waals surface area contributed by atoms with Gasteiger partial charge < -0.3 is 10.6 Å². The zero-order valence-corrected chi connectivity index (χ0v) is 19.1. The molecule has 1 aliphatic heterocycles. The molecule has 1 aliphatic rings. The van der Waals surface area contributed by atoms with Crippen molar-refractivity contribution in [3.63, 3.8) is 0 Å². The number of halogens is 7. The van der Waals surface area contributed by atoms with Crippen molar-refractivity contribution in [3.8, 4) is 0 Å². The Morgan fingerprint density at radius 1 is 1.03 bits per heavy atom. The number of benzene rings is 3. The highest BCUT2D eigenvalue weighted by atomic mass is 127. The van der Waals surface area contributed by atoms with E-state index in [1.54, 1.807) is 0 Å². The number of anilines is 1. The summed E-state index contributed by atoms with van der Waals surface area (Å²) in [4.78, 5) is 25.3. The topological polar surface area (TPSA) is 58.2 Å². The van der Waals surface area contributed by atoms with Crippen LogP contribution in [-0.4, -0.2) is 11.8 Å². The third-order valence-electron chi connectivity index (χ3n) is 4.96. The molecule has 0 bridgehead atoms. The van der Waals surface area contributed by atoms with Crippen molar-refractivity contribution in [3.05, 3.63) is 96.6 Å². The fourth-order valence-corrected chi connectivity index (χ4v) is 4.40.